The van der Waals surface area contributed by atoms with Gasteiger partial charge in [0, 0.05) is 16.0 Å². The van der Waals surface area contributed by atoms with Crippen LogP contribution < -0.4 is 0 Å². The molecule has 3 heterocycles. The fourth-order valence-electron chi connectivity index (χ4n) is 3.25. The molecule has 3 aromatic heterocycles. The Hall–Kier alpha value is -2.83. The Balaban J connectivity index is 1.45. The molecule has 0 fully saturated rings. The van der Waals surface area contributed by atoms with Crippen LogP contribution in [-0.2, 0) is 5.75 Å². The summed E-state index contributed by atoms with van der Waals surface area (Å²) in [6.45, 7) is 2.09. The minimum Gasteiger partial charge on any atom is -0.440 e. The number of pyridine rings is 1. The van der Waals surface area contributed by atoms with Crippen LogP contribution in [0.4, 0.5) is 0 Å². The van der Waals surface area contributed by atoms with Crippen molar-refractivity contribution >= 4 is 39.9 Å². The summed E-state index contributed by atoms with van der Waals surface area (Å²) in [6.07, 6.45) is 1.72. The van der Waals surface area contributed by atoms with Crippen molar-refractivity contribution in [2.45, 2.75) is 17.8 Å². The summed E-state index contributed by atoms with van der Waals surface area (Å²) >= 11 is 7.61. The van der Waals surface area contributed by atoms with Crippen LogP contribution in [0, 0.1) is 6.92 Å². The monoisotopic (exact) mass is 406 g/mol. The van der Waals surface area contributed by atoms with E-state index in [4.69, 9.17) is 16.0 Å². The lowest BCUT2D eigenvalue weighted by molar-refractivity contribution is 0.530. The number of aryl methyl sites for hydroxylation is 1. The summed E-state index contributed by atoms with van der Waals surface area (Å²) in [5, 5.41) is 11.4. The zero-order valence-corrected chi connectivity index (χ0v) is 16.5. The Morgan fingerprint density at radius 3 is 2.86 bits per heavy atom. The quantitative estimate of drug-likeness (QED) is 0.353. The second kappa shape index (κ2) is 6.96. The van der Waals surface area contributed by atoms with Gasteiger partial charge in [-0.05, 0) is 36.8 Å². The van der Waals surface area contributed by atoms with E-state index in [-0.39, 0.29) is 0 Å². The first kappa shape index (κ1) is 17.3. The van der Waals surface area contributed by atoms with E-state index in [1.54, 1.807) is 18.0 Å². The van der Waals surface area contributed by atoms with Gasteiger partial charge in [-0.1, -0.05) is 53.7 Å². The standard InChI is InChI=1S/C21H15ClN4OS/c1-13-9-19-24-25-21(26(19)17-8-3-2-7-16(13)17)28-12-20-23-11-18(27-20)14-5-4-6-15(22)10-14/h2-11H,12H2,1H3. The van der Waals surface area contributed by atoms with Crippen molar-refractivity contribution in [1.29, 1.82) is 0 Å². The van der Waals surface area contributed by atoms with Crippen molar-refractivity contribution in [2.24, 2.45) is 0 Å². The summed E-state index contributed by atoms with van der Waals surface area (Å²) in [4.78, 5) is 4.39. The number of fused-ring (bicyclic) bond motifs is 3. The number of aromatic nitrogens is 4. The molecule has 5 nitrogen and oxygen atoms in total. The first-order valence-corrected chi connectivity index (χ1v) is 10.1. The third-order valence-corrected chi connectivity index (χ3v) is 5.71. The summed E-state index contributed by atoms with van der Waals surface area (Å²) in [6, 6.07) is 17.9. The Morgan fingerprint density at radius 1 is 1.07 bits per heavy atom. The van der Waals surface area contributed by atoms with Crippen LogP contribution in [0.2, 0.25) is 5.02 Å². The Labute approximate surface area is 170 Å². The van der Waals surface area contributed by atoms with E-state index in [2.05, 4.69) is 44.7 Å². The molecular formula is C21H15ClN4OS. The number of benzene rings is 2. The van der Waals surface area contributed by atoms with Crippen LogP contribution in [0.1, 0.15) is 11.5 Å². The second-order valence-electron chi connectivity index (χ2n) is 6.44. The first-order chi connectivity index (χ1) is 13.7. The number of para-hydroxylation sites is 1. The number of rotatable bonds is 4. The van der Waals surface area contributed by atoms with Crippen molar-refractivity contribution < 1.29 is 4.42 Å². The summed E-state index contributed by atoms with van der Waals surface area (Å²) < 4.78 is 7.97. The molecule has 0 aliphatic heterocycles. The fraction of sp³-hybridized carbons (Fsp3) is 0.0952. The Morgan fingerprint density at radius 2 is 1.96 bits per heavy atom. The zero-order chi connectivity index (χ0) is 19.1. The molecule has 2 aromatic carbocycles. The van der Waals surface area contributed by atoms with Crippen LogP contribution >= 0.6 is 23.4 Å². The van der Waals surface area contributed by atoms with E-state index in [0.29, 0.717) is 22.4 Å². The maximum absolute atomic E-state index is 6.06. The maximum Gasteiger partial charge on any atom is 0.205 e. The molecule has 0 N–H and O–H groups in total. The average molecular weight is 407 g/mol. The predicted molar refractivity (Wildman–Crippen MR) is 112 cm³/mol. The van der Waals surface area contributed by atoms with Crippen LogP contribution in [0.25, 0.3) is 27.9 Å². The topological polar surface area (TPSA) is 56.2 Å². The van der Waals surface area contributed by atoms with Gasteiger partial charge in [0.05, 0.1) is 17.5 Å². The Bertz CT molecular complexity index is 1310. The van der Waals surface area contributed by atoms with Gasteiger partial charge in [0.1, 0.15) is 0 Å². The van der Waals surface area contributed by atoms with E-state index in [9.17, 15) is 0 Å². The summed E-state index contributed by atoms with van der Waals surface area (Å²) in [7, 11) is 0. The molecule has 0 saturated carbocycles. The zero-order valence-electron chi connectivity index (χ0n) is 15.0. The van der Waals surface area contributed by atoms with Gasteiger partial charge in [-0.3, -0.25) is 4.40 Å². The van der Waals surface area contributed by atoms with E-state index < -0.39 is 0 Å². The van der Waals surface area contributed by atoms with Gasteiger partial charge in [-0.25, -0.2) is 4.98 Å². The number of hydrogen-bond donors (Lipinski definition) is 0. The van der Waals surface area contributed by atoms with E-state index in [0.717, 1.165) is 21.9 Å². The molecule has 138 valence electrons. The molecular weight excluding hydrogens is 392 g/mol. The molecule has 0 aliphatic rings. The molecule has 5 rings (SSSR count). The summed E-state index contributed by atoms with van der Waals surface area (Å²) in [5.41, 5.74) is 4.03. The van der Waals surface area contributed by atoms with Crippen molar-refractivity contribution in [3.63, 3.8) is 0 Å². The van der Waals surface area contributed by atoms with Gasteiger partial charge < -0.3 is 4.42 Å². The average Bonchev–Trinajstić information content (AvgIpc) is 3.34. The SMILES string of the molecule is Cc1cc2nnc(SCc3ncc(-c4cccc(Cl)c4)o3)n2c2ccccc12. The molecule has 0 radical (unpaired) electrons. The molecule has 0 amide bonds. The van der Waals surface area contributed by atoms with Crippen LogP contribution in [0.15, 0.2) is 70.4 Å². The molecule has 28 heavy (non-hydrogen) atoms. The van der Waals surface area contributed by atoms with Crippen LogP contribution in [0.3, 0.4) is 0 Å². The Kier molecular flexibility index (Phi) is 4.30. The van der Waals surface area contributed by atoms with Crippen LogP contribution in [0.5, 0.6) is 0 Å². The minimum atomic E-state index is 0.559. The van der Waals surface area contributed by atoms with Gasteiger partial charge in [0.25, 0.3) is 0 Å². The minimum absolute atomic E-state index is 0.559. The van der Waals surface area contributed by atoms with Crippen molar-refractivity contribution in [3.8, 4) is 11.3 Å². The highest BCUT2D eigenvalue weighted by Gasteiger charge is 2.13. The lowest BCUT2D eigenvalue weighted by Crippen LogP contribution is -1.93. The molecule has 0 spiro atoms. The lowest BCUT2D eigenvalue weighted by atomic mass is 10.1. The normalized spacial score (nSPS) is 11.5. The van der Waals surface area contributed by atoms with Gasteiger partial charge in [0.2, 0.25) is 5.89 Å². The van der Waals surface area contributed by atoms with Gasteiger partial charge >= 0.3 is 0 Å². The molecule has 0 atom stereocenters. The van der Waals surface area contributed by atoms with Gasteiger partial charge in [-0.15, -0.1) is 10.2 Å². The van der Waals surface area contributed by atoms with Crippen molar-refractivity contribution in [2.75, 3.05) is 0 Å². The summed E-state index contributed by atoms with van der Waals surface area (Å²) in [5.74, 6) is 1.89. The number of nitrogens with zero attached hydrogens (tertiary/aromatic N) is 4. The molecule has 0 aliphatic carbocycles. The number of halogens is 1. The number of oxazole rings is 1. The van der Waals surface area contributed by atoms with Crippen LogP contribution in [-0.4, -0.2) is 19.6 Å². The highest BCUT2D eigenvalue weighted by Crippen LogP contribution is 2.29. The molecule has 0 saturated heterocycles. The van der Waals surface area contributed by atoms with E-state index in [1.165, 1.54) is 10.9 Å². The predicted octanol–water partition coefficient (Wildman–Crippen LogP) is 5.79. The van der Waals surface area contributed by atoms with Crippen molar-refractivity contribution in [3.05, 3.63) is 77.3 Å². The number of hydrogen-bond acceptors (Lipinski definition) is 5. The second-order valence-corrected chi connectivity index (χ2v) is 7.82. The molecule has 0 bridgehead atoms. The fourth-order valence-corrected chi connectivity index (χ4v) is 4.24. The smallest absolute Gasteiger partial charge is 0.205 e. The van der Waals surface area contributed by atoms with Gasteiger partial charge in [-0.2, -0.15) is 0 Å². The van der Waals surface area contributed by atoms with Crippen molar-refractivity contribution in [1.82, 2.24) is 19.6 Å². The molecule has 5 aromatic rings. The maximum atomic E-state index is 6.06. The highest BCUT2D eigenvalue weighted by atomic mass is 35.5. The van der Waals surface area contributed by atoms with E-state index in [1.807, 2.05) is 36.4 Å². The number of thioether (sulfide) groups is 1. The molecule has 0 unspecified atom stereocenters. The molecule has 7 heteroatoms. The van der Waals surface area contributed by atoms with Gasteiger partial charge in [0.15, 0.2) is 16.6 Å². The lowest BCUT2D eigenvalue weighted by Gasteiger charge is -2.06. The third-order valence-electron chi connectivity index (χ3n) is 4.56. The highest BCUT2D eigenvalue weighted by molar-refractivity contribution is 7.98. The largest absolute Gasteiger partial charge is 0.440 e. The first-order valence-electron chi connectivity index (χ1n) is 8.76. The third kappa shape index (κ3) is 3.04. The van der Waals surface area contributed by atoms with E-state index >= 15 is 0 Å².